The summed E-state index contributed by atoms with van der Waals surface area (Å²) < 4.78 is 0. The van der Waals surface area contributed by atoms with Crippen LogP contribution in [0.4, 0.5) is 0 Å². The summed E-state index contributed by atoms with van der Waals surface area (Å²) in [5, 5.41) is 31.3. The summed E-state index contributed by atoms with van der Waals surface area (Å²) in [6.45, 7) is 7.30. The summed E-state index contributed by atoms with van der Waals surface area (Å²) in [6.07, 6.45) is -1.84. The van der Waals surface area contributed by atoms with Crippen LogP contribution in [0.3, 0.4) is 0 Å². The number of aliphatic hydroxyl groups excluding tert-OH is 2. The number of hydrogen-bond donors (Lipinski definition) is 4. The van der Waals surface area contributed by atoms with Crippen LogP contribution in [0.1, 0.15) is 35.3 Å². The van der Waals surface area contributed by atoms with Crippen molar-refractivity contribution in [2.75, 3.05) is 6.54 Å². The molecule has 0 saturated carbocycles. The van der Waals surface area contributed by atoms with Crippen molar-refractivity contribution < 1.29 is 20.1 Å². The molecule has 5 nitrogen and oxygen atoms in total. The number of carboxylic acids is 1. The smallest absolute Gasteiger partial charge is 0.323 e. The third-order valence-electron chi connectivity index (χ3n) is 3.35. The van der Waals surface area contributed by atoms with Crippen molar-refractivity contribution in [3.05, 3.63) is 34.4 Å². The molecule has 3 unspecified atom stereocenters. The molecular formula is C15H23NO4. The standard InChI is InChI=1S/C15H23NO4/c1-8-5-9(2)13(10(3)6-8)12(18)7-16-14(11(4)17)15(19)20/h5-6,11-12,14,16-18H,7H2,1-4H3,(H,19,20). The molecule has 20 heavy (non-hydrogen) atoms. The molecule has 1 aromatic carbocycles. The first-order chi connectivity index (χ1) is 9.23. The van der Waals surface area contributed by atoms with E-state index in [0.29, 0.717) is 0 Å². The Kier molecular flexibility index (Phi) is 5.68. The Balaban J connectivity index is 2.82. The minimum Gasteiger partial charge on any atom is -0.480 e. The lowest BCUT2D eigenvalue weighted by molar-refractivity contribution is -0.142. The van der Waals surface area contributed by atoms with Crippen LogP contribution < -0.4 is 5.32 Å². The van der Waals surface area contributed by atoms with Crippen LogP contribution in [-0.4, -0.2) is 40.0 Å². The van der Waals surface area contributed by atoms with Gasteiger partial charge in [0.25, 0.3) is 0 Å². The summed E-state index contributed by atoms with van der Waals surface area (Å²) >= 11 is 0. The maximum absolute atomic E-state index is 11.0. The molecule has 0 fully saturated rings. The van der Waals surface area contributed by atoms with Crippen LogP contribution in [0, 0.1) is 20.8 Å². The van der Waals surface area contributed by atoms with Crippen LogP contribution in [0.5, 0.6) is 0 Å². The predicted molar refractivity (Wildman–Crippen MR) is 76.7 cm³/mol. The van der Waals surface area contributed by atoms with Gasteiger partial charge in [0.1, 0.15) is 6.04 Å². The van der Waals surface area contributed by atoms with Crippen molar-refractivity contribution >= 4 is 5.97 Å². The van der Waals surface area contributed by atoms with Crippen LogP contribution in [0.15, 0.2) is 12.1 Å². The number of nitrogens with one attached hydrogen (secondary N) is 1. The Hall–Kier alpha value is -1.43. The Bertz CT molecular complexity index is 462. The first-order valence-electron chi connectivity index (χ1n) is 6.64. The van der Waals surface area contributed by atoms with Crippen molar-refractivity contribution in [2.45, 2.75) is 45.9 Å². The SMILES string of the molecule is Cc1cc(C)c(C(O)CNC(C(=O)O)C(C)O)c(C)c1. The molecule has 0 heterocycles. The quantitative estimate of drug-likeness (QED) is 0.626. The predicted octanol–water partition coefficient (Wildman–Crippen LogP) is 1.07. The minimum atomic E-state index is -1.13. The van der Waals surface area contributed by atoms with Crippen molar-refractivity contribution in [1.29, 1.82) is 0 Å². The van der Waals surface area contributed by atoms with Crippen molar-refractivity contribution in [2.24, 2.45) is 0 Å². The summed E-state index contributed by atoms with van der Waals surface area (Å²) in [5.74, 6) is -1.13. The van der Waals surface area contributed by atoms with E-state index in [4.69, 9.17) is 5.11 Å². The van der Waals surface area contributed by atoms with E-state index in [1.165, 1.54) is 6.92 Å². The number of hydrogen-bond acceptors (Lipinski definition) is 4. The third kappa shape index (κ3) is 4.03. The number of carbonyl (C=O) groups is 1. The van der Waals surface area contributed by atoms with Gasteiger partial charge >= 0.3 is 5.97 Å². The molecule has 3 atom stereocenters. The highest BCUT2D eigenvalue weighted by molar-refractivity contribution is 5.74. The van der Waals surface area contributed by atoms with E-state index < -0.39 is 24.2 Å². The van der Waals surface area contributed by atoms with E-state index in [0.717, 1.165) is 22.3 Å². The highest BCUT2D eigenvalue weighted by Gasteiger charge is 2.24. The maximum atomic E-state index is 11.0. The lowest BCUT2D eigenvalue weighted by Gasteiger charge is -2.22. The molecule has 4 N–H and O–H groups in total. The van der Waals surface area contributed by atoms with Gasteiger partial charge in [0.2, 0.25) is 0 Å². The van der Waals surface area contributed by atoms with Gasteiger partial charge < -0.3 is 15.3 Å². The molecule has 112 valence electrons. The number of benzene rings is 1. The first kappa shape index (κ1) is 16.6. The molecule has 0 bridgehead atoms. The largest absolute Gasteiger partial charge is 0.480 e. The zero-order valence-electron chi connectivity index (χ0n) is 12.3. The van der Waals surface area contributed by atoms with Gasteiger partial charge in [-0.1, -0.05) is 17.7 Å². The van der Waals surface area contributed by atoms with Gasteiger partial charge in [-0.2, -0.15) is 0 Å². The number of aliphatic carboxylic acids is 1. The average Bonchev–Trinajstić information content (AvgIpc) is 2.26. The second-order valence-corrected chi connectivity index (χ2v) is 5.29. The number of aliphatic hydroxyl groups is 2. The van der Waals surface area contributed by atoms with Gasteiger partial charge in [0, 0.05) is 6.54 Å². The molecule has 0 saturated heterocycles. The molecule has 0 spiro atoms. The summed E-state index contributed by atoms with van der Waals surface area (Å²) in [6, 6.07) is 2.87. The molecule has 1 rings (SSSR count). The number of aryl methyl sites for hydroxylation is 3. The summed E-state index contributed by atoms with van der Waals surface area (Å²) in [4.78, 5) is 11.0. The molecule has 0 aromatic heterocycles. The summed E-state index contributed by atoms with van der Waals surface area (Å²) in [7, 11) is 0. The molecule has 0 aliphatic rings. The Morgan fingerprint density at radius 1 is 1.20 bits per heavy atom. The second-order valence-electron chi connectivity index (χ2n) is 5.29. The maximum Gasteiger partial charge on any atom is 0.323 e. The second kappa shape index (κ2) is 6.83. The molecule has 0 amide bonds. The summed E-state index contributed by atoms with van der Waals surface area (Å²) in [5.41, 5.74) is 3.87. The van der Waals surface area contributed by atoms with Crippen LogP contribution >= 0.6 is 0 Å². The molecule has 1 aromatic rings. The van der Waals surface area contributed by atoms with Crippen LogP contribution in [0.2, 0.25) is 0 Å². The monoisotopic (exact) mass is 281 g/mol. The van der Waals surface area contributed by atoms with Gasteiger partial charge in [-0.05, 0) is 44.4 Å². The molecule has 0 aliphatic heterocycles. The Morgan fingerprint density at radius 3 is 2.10 bits per heavy atom. The zero-order valence-corrected chi connectivity index (χ0v) is 12.3. The fourth-order valence-electron chi connectivity index (χ4n) is 2.52. The van der Waals surface area contributed by atoms with Gasteiger partial charge in [-0.3, -0.25) is 10.1 Å². The molecule has 5 heteroatoms. The lowest BCUT2D eigenvalue weighted by Crippen LogP contribution is -2.46. The van der Waals surface area contributed by atoms with Crippen LogP contribution in [0.25, 0.3) is 0 Å². The average molecular weight is 281 g/mol. The zero-order chi connectivity index (χ0) is 15.4. The normalized spacial score (nSPS) is 15.7. The lowest BCUT2D eigenvalue weighted by atomic mass is 9.95. The minimum absolute atomic E-state index is 0.0760. The fourth-order valence-corrected chi connectivity index (χ4v) is 2.52. The fraction of sp³-hybridized carbons (Fsp3) is 0.533. The van der Waals surface area contributed by atoms with E-state index >= 15 is 0 Å². The van der Waals surface area contributed by atoms with E-state index in [9.17, 15) is 15.0 Å². The first-order valence-corrected chi connectivity index (χ1v) is 6.64. The van der Waals surface area contributed by atoms with Gasteiger partial charge in [0.05, 0.1) is 12.2 Å². The van der Waals surface area contributed by atoms with Crippen molar-refractivity contribution in [3.63, 3.8) is 0 Å². The van der Waals surface area contributed by atoms with E-state index in [-0.39, 0.29) is 6.54 Å². The molecular weight excluding hydrogens is 258 g/mol. The number of rotatable bonds is 6. The van der Waals surface area contributed by atoms with Crippen LogP contribution in [-0.2, 0) is 4.79 Å². The number of carboxylic acid groups (broad SMARTS) is 1. The highest BCUT2D eigenvalue weighted by atomic mass is 16.4. The topological polar surface area (TPSA) is 89.8 Å². The third-order valence-corrected chi connectivity index (χ3v) is 3.35. The van der Waals surface area contributed by atoms with Gasteiger partial charge in [-0.25, -0.2) is 0 Å². The van der Waals surface area contributed by atoms with Crippen molar-refractivity contribution in [1.82, 2.24) is 5.32 Å². The van der Waals surface area contributed by atoms with Gasteiger partial charge in [0.15, 0.2) is 0 Å². The Labute approximate surface area is 119 Å². The highest BCUT2D eigenvalue weighted by Crippen LogP contribution is 2.23. The van der Waals surface area contributed by atoms with E-state index in [2.05, 4.69) is 5.32 Å². The Morgan fingerprint density at radius 2 is 1.70 bits per heavy atom. The molecule has 0 radical (unpaired) electrons. The van der Waals surface area contributed by atoms with Gasteiger partial charge in [-0.15, -0.1) is 0 Å². The van der Waals surface area contributed by atoms with E-state index in [1.807, 2.05) is 32.9 Å². The molecule has 0 aliphatic carbocycles. The van der Waals surface area contributed by atoms with Crippen molar-refractivity contribution in [3.8, 4) is 0 Å². The van der Waals surface area contributed by atoms with E-state index in [1.54, 1.807) is 0 Å².